The molecule has 0 atom stereocenters. The van der Waals surface area contributed by atoms with Crippen molar-refractivity contribution in [2.75, 3.05) is 20.5 Å². The maximum Gasteiger partial charge on any atom is 0.336 e. The van der Waals surface area contributed by atoms with E-state index in [1.54, 1.807) is 0 Å². The van der Waals surface area contributed by atoms with E-state index >= 15 is 0 Å². The van der Waals surface area contributed by atoms with Crippen LogP contribution in [0.3, 0.4) is 0 Å². The Labute approximate surface area is 81.2 Å². The second-order valence-electron chi connectivity index (χ2n) is 1.99. The Morgan fingerprint density at radius 3 is 2.85 bits per heavy atom. The molecule has 0 spiro atoms. The van der Waals surface area contributed by atoms with E-state index in [9.17, 15) is 4.79 Å². The second kappa shape index (κ2) is 9.46. The first-order chi connectivity index (χ1) is 6.31. The summed E-state index contributed by atoms with van der Waals surface area (Å²) in [5.74, 6) is -0.481. The topological polar surface area (TPSA) is 66.4 Å². The van der Waals surface area contributed by atoms with E-state index in [2.05, 4.69) is 36.3 Å². The zero-order valence-corrected chi connectivity index (χ0v) is 8.04. The van der Waals surface area contributed by atoms with Crippen LogP contribution >= 0.6 is 0 Å². The van der Waals surface area contributed by atoms with Crippen LogP contribution in [0, 0.1) is 0 Å². The van der Waals surface area contributed by atoms with Crippen molar-refractivity contribution >= 4 is 18.4 Å². The highest BCUT2D eigenvalue weighted by Crippen LogP contribution is 1.94. The smallest absolute Gasteiger partial charge is 0.336 e. The SMILES string of the molecule is COCOOCCCC(=O)ON=S. The Morgan fingerprint density at radius 1 is 1.46 bits per heavy atom. The van der Waals surface area contributed by atoms with E-state index in [4.69, 9.17) is 0 Å². The van der Waals surface area contributed by atoms with Crippen LogP contribution in [-0.4, -0.2) is 26.5 Å². The van der Waals surface area contributed by atoms with Crippen molar-refractivity contribution < 1.29 is 24.1 Å². The molecule has 6 nitrogen and oxygen atoms in total. The van der Waals surface area contributed by atoms with Crippen LogP contribution < -0.4 is 0 Å². The van der Waals surface area contributed by atoms with Gasteiger partial charge in [-0.05, 0) is 10.9 Å². The molecule has 76 valence electrons. The molecule has 0 aliphatic rings. The lowest BCUT2D eigenvalue weighted by atomic mass is 10.3. The van der Waals surface area contributed by atoms with E-state index in [1.807, 2.05) is 0 Å². The van der Waals surface area contributed by atoms with Crippen LogP contribution in [0.2, 0.25) is 0 Å². The fourth-order valence-electron chi connectivity index (χ4n) is 0.504. The zero-order chi connectivity index (χ0) is 9.94. The molecular weight excluding hydrogens is 198 g/mol. The third-order valence-corrected chi connectivity index (χ3v) is 1.07. The van der Waals surface area contributed by atoms with Gasteiger partial charge in [0.05, 0.1) is 25.5 Å². The lowest BCUT2D eigenvalue weighted by Gasteiger charge is -2.01. The van der Waals surface area contributed by atoms with Crippen molar-refractivity contribution in [1.29, 1.82) is 0 Å². The molecule has 0 N–H and O–H groups in total. The zero-order valence-electron chi connectivity index (χ0n) is 7.23. The lowest BCUT2D eigenvalue weighted by molar-refractivity contribution is -0.332. The van der Waals surface area contributed by atoms with Gasteiger partial charge in [-0.2, -0.15) is 0 Å². The normalized spacial score (nSPS) is 9.62. The first-order valence-corrected chi connectivity index (χ1v) is 3.93. The number of hydrogen-bond donors (Lipinski definition) is 0. The number of ether oxygens (including phenoxy) is 1. The van der Waals surface area contributed by atoms with Gasteiger partial charge in [-0.3, -0.25) is 0 Å². The van der Waals surface area contributed by atoms with Crippen molar-refractivity contribution in [3.63, 3.8) is 0 Å². The molecule has 13 heavy (non-hydrogen) atoms. The summed E-state index contributed by atoms with van der Waals surface area (Å²) in [5, 5.41) is 0. The van der Waals surface area contributed by atoms with Crippen LogP contribution in [0.4, 0.5) is 0 Å². The molecule has 7 heteroatoms. The van der Waals surface area contributed by atoms with Crippen molar-refractivity contribution in [3.05, 3.63) is 0 Å². The molecule has 0 saturated heterocycles. The van der Waals surface area contributed by atoms with Gasteiger partial charge in [-0.15, -0.1) is 0 Å². The summed E-state index contributed by atoms with van der Waals surface area (Å²) in [7, 11) is 1.48. The second-order valence-corrected chi connectivity index (χ2v) is 2.14. The third-order valence-electron chi connectivity index (χ3n) is 0.997. The summed E-state index contributed by atoms with van der Waals surface area (Å²) >= 11 is 4.07. The third kappa shape index (κ3) is 9.28. The molecule has 0 aromatic rings. The Morgan fingerprint density at radius 2 is 2.23 bits per heavy atom. The molecule has 0 fully saturated rings. The molecule has 0 aromatic carbocycles. The average Bonchev–Trinajstić information content (AvgIpc) is 2.11. The molecule has 0 aromatic heterocycles. The Hall–Kier alpha value is -0.630. The fourth-order valence-corrected chi connectivity index (χ4v) is 0.587. The van der Waals surface area contributed by atoms with Gasteiger partial charge < -0.3 is 9.57 Å². The number of nitrogens with zero attached hydrogens (tertiary/aromatic N) is 1. The van der Waals surface area contributed by atoms with Crippen molar-refractivity contribution in [3.8, 4) is 0 Å². The number of carbonyl (C=O) groups is 1. The summed E-state index contributed by atoms with van der Waals surface area (Å²) in [4.78, 5) is 23.9. The molecule has 0 bridgehead atoms. The molecule has 0 amide bonds. The van der Waals surface area contributed by atoms with Gasteiger partial charge in [-0.1, -0.05) is 0 Å². The van der Waals surface area contributed by atoms with Gasteiger partial charge >= 0.3 is 5.97 Å². The average molecular weight is 209 g/mol. The largest absolute Gasteiger partial charge is 0.355 e. The lowest BCUT2D eigenvalue weighted by Crippen LogP contribution is -2.04. The van der Waals surface area contributed by atoms with Crippen LogP contribution in [0.1, 0.15) is 12.8 Å². The maximum atomic E-state index is 10.6. The summed E-state index contributed by atoms with van der Waals surface area (Å²) < 4.78 is 7.35. The first kappa shape index (κ1) is 12.4. The minimum Gasteiger partial charge on any atom is -0.355 e. The molecule has 0 unspecified atom stereocenters. The Balaban J connectivity index is 3.06. The Bertz CT molecular complexity index is 154. The fraction of sp³-hybridized carbons (Fsp3) is 0.833. The van der Waals surface area contributed by atoms with Gasteiger partial charge in [0.1, 0.15) is 0 Å². The van der Waals surface area contributed by atoms with E-state index in [0.29, 0.717) is 6.42 Å². The highest BCUT2D eigenvalue weighted by molar-refractivity contribution is 7.47. The van der Waals surface area contributed by atoms with E-state index in [0.717, 1.165) is 0 Å². The summed E-state index contributed by atoms with van der Waals surface area (Å²) in [6.07, 6.45) is 0.671. The van der Waals surface area contributed by atoms with Gasteiger partial charge in [0.25, 0.3) is 0 Å². The summed E-state index contributed by atoms with van der Waals surface area (Å²) in [5.41, 5.74) is 0. The van der Waals surface area contributed by atoms with E-state index in [-0.39, 0.29) is 19.8 Å². The Kier molecular flexibility index (Phi) is 9.00. The minimum absolute atomic E-state index is 0.0614. The minimum atomic E-state index is -0.481. The van der Waals surface area contributed by atoms with Crippen molar-refractivity contribution in [2.45, 2.75) is 12.8 Å². The first-order valence-electron chi connectivity index (χ1n) is 3.57. The van der Waals surface area contributed by atoms with Gasteiger partial charge in [0, 0.05) is 7.11 Å². The predicted octanol–water partition coefficient (Wildman–Crippen LogP) is 0.507. The van der Waals surface area contributed by atoms with Gasteiger partial charge in [-0.25, -0.2) is 14.6 Å². The highest BCUT2D eigenvalue weighted by Gasteiger charge is 2.01. The monoisotopic (exact) mass is 209 g/mol. The summed E-state index contributed by atoms with van der Waals surface area (Å²) in [6.45, 7) is 0.349. The van der Waals surface area contributed by atoms with Crippen LogP contribution in [0.25, 0.3) is 0 Å². The number of hydrogen-bond acceptors (Lipinski definition) is 7. The van der Waals surface area contributed by atoms with Gasteiger partial charge in [0.15, 0.2) is 6.79 Å². The number of methoxy groups -OCH3 is 1. The van der Waals surface area contributed by atoms with Crippen molar-refractivity contribution in [2.24, 2.45) is 4.53 Å². The van der Waals surface area contributed by atoms with E-state index < -0.39 is 5.97 Å². The highest BCUT2D eigenvalue weighted by atomic mass is 32.1. The molecule has 0 radical (unpaired) electrons. The predicted molar refractivity (Wildman–Crippen MR) is 44.0 cm³/mol. The van der Waals surface area contributed by atoms with Crippen LogP contribution in [-0.2, 0) is 36.6 Å². The maximum absolute atomic E-state index is 10.6. The molecule has 0 aliphatic carbocycles. The van der Waals surface area contributed by atoms with E-state index in [1.165, 1.54) is 7.11 Å². The standard InChI is InChI=1S/C6H11NO5S/c1-9-5-11-10-4-2-3-6(8)12-7-13/h2-5H2,1H3. The molecule has 0 rings (SSSR count). The van der Waals surface area contributed by atoms with Crippen LogP contribution in [0.5, 0.6) is 0 Å². The number of carbonyl (C=O) groups excluding carboxylic acids is 1. The van der Waals surface area contributed by atoms with Crippen LogP contribution in [0.15, 0.2) is 4.53 Å². The molecule has 0 heterocycles. The van der Waals surface area contributed by atoms with Gasteiger partial charge in [0.2, 0.25) is 0 Å². The molecule has 0 aliphatic heterocycles. The quantitative estimate of drug-likeness (QED) is 0.251. The molecular formula is C6H11NO5S. The molecule has 0 saturated carbocycles. The summed E-state index contributed by atoms with van der Waals surface area (Å²) in [6, 6.07) is 0. The number of rotatable bonds is 8. The van der Waals surface area contributed by atoms with Crippen molar-refractivity contribution in [1.82, 2.24) is 0 Å².